The van der Waals surface area contributed by atoms with Crippen LogP contribution in [0.2, 0.25) is 0 Å². The molecule has 0 spiro atoms. The smallest absolute Gasteiger partial charge is 0.345 e. The van der Waals surface area contributed by atoms with E-state index in [4.69, 9.17) is 0 Å². The topological polar surface area (TPSA) is 71.3 Å². The lowest BCUT2D eigenvalue weighted by molar-refractivity contribution is -0.138. The fourth-order valence-electron chi connectivity index (χ4n) is 3.74. The number of alkyl halides is 3. The van der Waals surface area contributed by atoms with Crippen LogP contribution in [-0.4, -0.2) is 33.6 Å². The largest absolute Gasteiger partial charge is 0.417 e. The number of hydrogen-bond acceptors (Lipinski definition) is 4. The quantitative estimate of drug-likeness (QED) is 0.669. The molecule has 1 saturated heterocycles. The van der Waals surface area contributed by atoms with E-state index >= 15 is 0 Å². The second kappa shape index (κ2) is 8.43. The molecular weight excluding hydrogens is 395 g/mol. The standard InChI is InChI=1S/C21H22F3N5O/c22-21(23,24)16-8-9-18-27-28-19(29(18)13-16)17(11-14-5-2-1-3-6-14)26-20(30)15-7-4-10-25-12-15/h1-3,5-6,8-9,13,15,17,25H,4,7,10-12H2,(H,26,30)/t15?,17-/m1/s1. The van der Waals surface area contributed by atoms with Crippen molar-refractivity contribution in [2.45, 2.75) is 31.5 Å². The first-order chi connectivity index (χ1) is 14.4. The highest BCUT2D eigenvalue weighted by Crippen LogP contribution is 2.30. The van der Waals surface area contributed by atoms with E-state index in [0.717, 1.165) is 37.2 Å². The molecule has 2 atom stereocenters. The first-order valence-corrected chi connectivity index (χ1v) is 9.89. The number of nitrogens with zero attached hydrogens (tertiary/aromatic N) is 3. The average Bonchev–Trinajstić information content (AvgIpc) is 3.17. The molecule has 3 heterocycles. The molecule has 1 fully saturated rings. The Bertz CT molecular complexity index is 1010. The molecule has 3 aromatic rings. The van der Waals surface area contributed by atoms with Crippen LogP contribution in [0.15, 0.2) is 48.7 Å². The normalized spacial score (nSPS) is 18.3. The van der Waals surface area contributed by atoms with Crippen molar-refractivity contribution >= 4 is 11.6 Å². The van der Waals surface area contributed by atoms with Gasteiger partial charge >= 0.3 is 6.18 Å². The van der Waals surface area contributed by atoms with Crippen molar-refractivity contribution in [1.29, 1.82) is 0 Å². The summed E-state index contributed by atoms with van der Waals surface area (Å²) in [4.78, 5) is 12.9. The number of carbonyl (C=O) groups is 1. The minimum Gasteiger partial charge on any atom is -0.345 e. The molecule has 0 aliphatic carbocycles. The second-order valence-electron chi connectivity index (χ2n) is 7.50. The molecule has 0 saturated carbocycles. The molecule has 158 valence electrons. The van der Waals surface area contributed by atoms with Crippen LogP contribution in [0.4, 0.5) is 13.2 Å². The molecule has 1 amide bonds. The van der Waals surface area contributed by atoms with E-state index in [1.807, 2.05) is 30.3 Å². The summed E-state index contributed by atoms with van der Waals surface area (Å²) in [7, 11) is 0. The maximum Gasteiger partial charge on any atom is 0.417 e. The molecule has 2 aromatic heterocycles. The van der Waals surface area contributed by atoms with Crippen LogP contribution in [-0.2, 0) is 17.4 Å². The summed E-state index contributed by atoms with van der Waals surface area (Å²) >= 11 is 0. The van der Waals surface area contributed by atoms with Crippen LogP contribution in [0.25, 0.3) is 5.65 Å². The SMILES string of the molecule is O=C(N[C@H](Cc1ccccc1)c1nnc2ccc(C(F)(F)F)cn12)C1CCCNC1. The molecular formula is C21H22F3N5O. The predicted molar refractivity (Wildman–Crippen MR) is 105 cm³/mol. The Morgan fingerprint density at radius 1 is 1.20 bits per heavy atom. The lowest BCUT2D eigenvalue weighted by atomic mass is 9.97. The van der Waals surface area contributed by atoms with E-state index in [-0.39, 0.29) is 17.6 Å². The third-order valence-corrected chi connectivity index (χ3v) is 5.33. The number of fused-ring (bicyclic) bond motifs is 1. The van der Waals surface area contributed by atoms with Crippen molar-refractivity contribution in [2.75, 3.05) is 13.1 Å². The van der Waals surface area contributed by atoms with Crippen molar-refractivity contribution in [2.24, 2.45) is 5.92 Å². The van der Waals surface area contributed by atoms with Gasteiger partial charge in [-0.25, -0.2) is 0 Å². The van der Waals surface area contributed by atoms with E-state index in [2.05, 4.69) is 20.8 Å². The predicted octanol–water partition coefficient (Wildman–Crippen LogP) is 3.15. The molecule has 1 aromatic carbocycles. The Morgan fingerprint density at radius 2 is 2.00 bits per heavy atom. The zero-order valence-corrected chi connectivity index (χ0v) is 16.2. The fourth-order valence-corrected chi connectivity index (χ4v) is 3.74. The van der Waals surface area contributed by atoms with Gasteiger partial charge in [0.15, 0.2) is 11.5 Å². The number of piperidine rings is 1. The van der Waals surface area contributed by atoms with Crippen LogP contribution >= 0.6 is 0 Å². The first kappa shape index (κ1) is 20.3. The average molecular weight is 417 g/mol. The lowest BCUT2D eigenvalue weighted by Gasteiger charge is -2.25. The molecule has 1 aliphatic heterocycles. The van der Waals surface area contributed by atoms with Crippen molar-refractivity contribution in [3.63, 3.8) is 0 Å². The molecule has 4 rings (SSSR count). The van der Waals surface area contributed by atoms with Gasteiger partial charge in [0.1, 0.15) is 0 Å². The number of pyridine rings is 1. The molecule has 1 aliphatic rings. The number of carbonyl (C=O) groups excluding carboxylic acids is 1. The third-order valence-electron chi connectivity index (χ3n) is 5.33. The molecule has 30 heavy (non-hydrogen) atoms. The van der Waals surface area contributed by atoms with Gasteiger partial charge in [0.25, 0.3) is 0 Å². The molecule has 9 heteroatoms. The molecule has 0 radical (unpaired) electrons. The molecule has 2 N–H and O–H groups in total. The molecule has 0 bridgehead atoms. The Balaban J connectivity index is 1.68. The van der Waals surface area contributed by atoms with Crippen LogP contribution in [0, 0.1) is 5.92 Å². The number of rotatable bonds is 5. The van der Waals surface area contributed by atoms with Crippen molar-refractivity contribution < 1.29 is 18.0 Å². The zero-order valence-electron chi connectivity index (χ0n) is 16.2. The van der Waals surface area contributed by atoms with E-state index in [1.165, 1.54) is 10.5 Å². The minimum atomic E-state index is -4.48. The summed E-state index contributed by atoms with van der Waals surface area (Å²) in [6.07, 6.45) is -1.43. The summed E-state index contributed by atoms with van der Waals surface area (Å²) in [5.74, 6) is -0.0362. The molecule has 1 unspecified atom stereocenters. The van der Waals surface area contributed by atoms with Crippen molar-refractivity contribution in [3.05, 3.63) is 65.6 Å². The number of aromatic nitrogens is 3. The highest BCUT2D eigenvalue weighted by molar-refractivity contribution is 5.79. The van der Waals surface area contributed by atoms with Gasteiger partial charge in [0.05, 0.1) is 17.5 Å². The number of amides is 1. The Hall–Kier alpha value is -2.94. The monoisotopic (exact) mass is 417 g/mol. The van der Waals surface area contributed by atoms with Crippen LogP contribution in [0.1, 0.15) is 35.8 Å². The van der Waals surface area contributed by atoms with Gasteiger partial charge in [0, 0.05) is 12.7 Å². The summed E-state index contributed by atoms with van der Waals surface area (Å²) < 4.78 is 41.0. The summed E-state index contributed by atoms with van der Waals surface area (Å²) in [5.41, 5.74) is 0.440. The van der Waals surface area contributed by atoms with E-state index in [9.17, 15) is 18.0 Å². The van der Waals surface area contributed by atoms with Gasteiger partial charge < -0.3 is 10.6 Å². The van der Waals surface area contributed by atoms with Gasteiger partial charge in [0.2, 0.25) is 5.91 Å². The summed E-state index contributed by atoms with van der Waals surface area (Å²) in [6.45, 7) is 1.47. The van der Waals surface area contributed by atoms with Gasteiger partial charge in [-0.1, -0.05) is 30.3 Å². The van der Waals surface area contributed by atoms with Crippen molar-refractivity contribution in [3.8, 4) is 0 Å². The maximum absolute atomic E-state index is 13.2. The number of hydrogen-bond donors (Lipinski definition) is 2. The van der Waals surface area contributed by atoms with Crippen LogP contribution in [0.3, 0.4) is 0 Å². The highest BCUT2D eigenvalue weighted by atomic mass is 19.4. The van der Waals surface area contributed by atoms with Gasteiger partial charge in [-0.15, -0.1) is 10.2 Å². The first-order valence-electron chi connectivity index (χ1n) is 9.89. The van der Waals surface area contributed by atoms with E-state index in [0.29, 0.717) is 18.6 Å². The van der Waals surface area contributed by atoms with Crippen molar-refractivity contribution in [1.82, 2.24) is 25.2 Å². The fraction of sp³-hybridized carbons (Fsp3) is 0.381. The Kier molecular flexibility index (Phi) is 5.72. The van der Waals surface area contributed by atoms with E-state index < -0.39 is 17.8 Å². The maximum atomic E-state index is 13.2. The van der Waals surface area contributed by atoms with Crippen LogP contribution < -0.4 is 10.6 Å². The molecule has 6 nitrogen and oxygen atoms in total. The summed E-state index contributed by atoms with van der Waals surface area (Å²) in [5, 5.41) is 14.3. The lowest BCUT2D eigenvalue weighted by Crippen LogP contribution is -2.42. The third kappa shape index (κ3) is 4.46. The number of nitrogens with one attached hydrogen (secondary N) is 2. The Labute approximate surface area is 171 Å². The van der Waals surface area contributed by atoms with Crippen LogP contribution in [0.5, 0.6) is 0 Å². The van der Waals surface area contributed by atoms with Gasteiger partial charge in [-0.2, -0.15) is 13.2 Å². The number of halogens is 3. The second-order valence-corrected chi connectivity index (χ2v) is 7.50. The Morgan fingerprint density at radius 3 is 2.70 bits per heavy atom. The minimum absolute atomic E-state index is 0.133. The highest BCUT2D eigenvalue weighted by Gasteiger charge is 2.32. The van der Waals surface area contributed by atoms with Gasteiger partial charge in [-0.3, -0.25) is 9.20 Å². The summed E-state index contributed by atoms with van der Waals surface area (Å²) in [6, 6.07) is 11.1. The zero-order chi connectivity index (χ0) is 21.1. The number of benzene rings is 1. The van der Waals surface area contributed by atoms with Gasteiger partial charge in [-0.05, 0) is 43.5 Å². The van der Waals surface area contributed by atoms with E-state index in [1.54, 1.807) is 0 Å².